The number of nitrogens with zero attached hydrogens (tertiary/aromatic N) is 1. The van der Waals surface area contributed by atoms with Crippen molar-refractivity contribution in [1.82, 2.24) is 0 Å². The average molecular weight is 188 g/mol. The summed E-state index contributed by atoms with van der Waals surface area (Å²) < 4.78 is 5.31. The highest BCUT2D eigenvalue weighted by molar-refractivity contribution is 5.65. The topological polar surface area (TPSA) is 59.0 Å². The highest BCUT2D eigenvalue weighted by Gasteiger charge is 1.98. The van der Waals surface area contributed by atoms with Gasteiger partial charge in [0.25, 0.3) is 0 Å². The van der Waals surface area contributed by atoms with Crippen LogP contribution in [0.2, 0.25) is 0 Å². The molecule has 1 rings (SSSR count). The van der Waals surface area contributed by atoms with Crippen LogP contribution in [0.5, 0.6) is 5.75 Å². The molecule has 1 aromatic rings. The highest BCUT2D eigenvalue weighted by Crippen LogP contribution is 2.16. The Labute approximate surface area is 83.4 Å². The second kappa shape index (κ2) is 4.93. The lowest BCUT2D eigenvalue weighted by Crippen LogP contribution is -1.97. The van der Waals surface area contributed by atoms with Crippen molar-refractivity contribution in [2.24, 2.45) is 5.73 Å². The van der Waals surface area contributed by atoms with Gasteiger partial charge >= 0.3 is 0 Å². The fraction of sp³-hybridized carbons (Fsp3) is 0.182. The summed E-state index contributed by atoms with van der Waals surface area (Å²) in [5.41, 5.74) is 6.91. The normalized spacial score (nSPS) is 10.7. The van der Waals surface area contributed by atoms with E-state index in [0.717, 1.165) is 11.3 Å². The van der Waals surface area contributed by atoms with Gasteiger partial charge in [-0.1, -0.05) is 12.1 Å². The quantitative estimate of drug-likeness (QED) is 0.737. The minimum absolute atomic E-state index is 0.453. The van der Waals surface area contributed by atoms with Gasteiger partial charge in [0.1, 0.15) is 5.75 Å². The molecule has 0 aromatic heterocycles. The molecule has 0 aliphatic carbocycles. The molecule has 0 aliphatic heterocycles. The zero-order chi connectivity index (χ0) is 10.4. The number of ether oxygens (including phenoxy) is 1. The molecule has 72 valence electrons. The van der Waals surface area contributed by atoms with Gasteiger partial charge in [-0.3, -0.25) is 0 Å². The van der Waals surface area contributed by atoms with Crippen LogP contribution in [0.1, 0.15) is 12.5 Å². The summed E-state index contributed by atoms with van der Waals surface area (Å²) in [5.74, 6) is 0.763. The van der Waals surface area contributed by atoms with Crippen LogP contribution in [0.4, 0.5) is 0 Å². The maximum Gasteiger partial charge on any atom is 0.119 e. The molecular formula is C11H12N2O. The van der Waals surface area contributed by atoms with Crippen LogP contribution in [-0.4, -0.2) is 6.61 Å². The summed E-state index contributed by atoms with van der Waals surface area (Å²) in [4.78, 5) is 0. The first-order valence-electron chi connectivity index (χ1n) is 4.36. The number of benzene rings is 1. The molecule has 1 aromatic carbocycles. The smallest absolute Gasteiger partial charge is 0.119 e. The molecule has 14 heavy (non-hydrogen) atoms. The molecular weight excluding hydrogens is 176 g/mol. The molecule has 0 amide bonds. The van der Waals surface area contributed by atoms with Gasteiger partial charge in [0, 0.05) is 17.3 Å². The van der Waals surface area contributed by atoms with Crippen LogP contribution in [0.25, 0.3) is 5.70 Å². The Morgan fingerprint density at radius 2 is 2.43 bits per heavy atom. The summed E-state index contributed by atoms with van der Waals surface area (Å²) in [6.45, 7) is 2.53. The van der Waals surface area contributed by atoms with E-state index in [1.54, 1.807) is 0 Å². The molecule has 0 atom stereocenters. The van der Waals surface area contributed by atoms with E-state index in [0.29, 0.717) is 12.3 Å². The average Bonchev–Trinajstić information content (AvgIpc) is 2.19. The molecule has 0 fully saturated rings. The Morgan fingerprint density at radius 1 is 1.64 bits per heavy atom. The third-order valence-electron chi connectivity index (χ3n) is 1.70. The van der Waals surface area contributed by atoms with Gasteiger partial charge in [-0.15, -0.1) is 0 Å². The molecule has 0 saturated carbocycles. The van der Waals surface area contributed by atoms with E-state index in [2.05, 4.69) is 0 Å². The molecule has 3 heteroatoms. The summed E-state index contributed by atoms with van der Waals surface area (Å²) in [6.07, 6.45) is 1.31. The van der Waals surface area contributed by atoms with E-state index >= 15 is 0 Å². The molecule has 0 saturated heterocycles. The molecule has 0 bridgehead atoms. The first-order valence-corrected chi connectivity index (χ1v) is 4.36. The van der Waals surface area contributed by atoms with Gasteiger partial charge in [0.05, 0.1) is 12.7 Å². The third-order valence-corrected chi connectivity index (χ3v) is 1.70. The van der Waals surface area contributed by atoms with E-state index in [1.165, 1.54) is 6.08 Å². The summed E-state index contributed by atoms with van der Waals surface area (Å²) in [5, 5.41) is 8.43. The van der Waals surface area contributed by atoms with Crippen molar-refractivity contribution >= 4 is 5.70 Å². The molecule has 0 heterocycles. The van der Waals surface area contributed by atoms with Gasteiger partial charge in [-0.2, -0.15) is 5.26 Å². The molecule has 3 nitrogen and oxygen atoms in total. The minimum Gasteiger partial charge on any atom is -0.494 e. The molecule has 0 unspecified atom stereocenters. The van der Waals surface area contributed by atoms with Gasteiger partial charge in [-0.05, 0) is 19.1 Å². The van der Waals surface area contributed by atoms with Crippen molar-refractivity contribution in [3.63, 3.8) is 0 Å². The van der Waals surface area contributed by atoms with Gasteiger partial charge in [0.2, 0.25) is 0 Å². The van der Waals surface area contributed by atoms with Crippen molar-refractivity contribution < 1.29 is 4.74 Å². The van der Waals surface area contributed by atoms with Crippen molar-refractivity contribution in [3.8, 4) is 11.8 Å². The monoisotopic (exact) mass is 188 g/mol. The second-order valence-electron chi connectivity index (χ2n) is 2.69. The lowest BCUT2D eigenvalue weighted by atomic mass is 10.1. The van der Waals surface area contributed by atoms with Crippen LogP contribution in [0.3, 0.4) is 0 Å². The standard InChI is InChI=1S/C11H12N2O/c1-2-14-10-5-3-4-9(8-10)11(13)6-7-12/h3-6,8H,2,13H2,1H3/b11-6-. The molecule has 0 spiro atoms. The second-order valence-corrected chi connectivity index (χ2v) is 2.69. The fourth-order valence-corrected chi connectivity index (χ4v) is 1.08. The zero-order valence-corrected chi connectivity index (χ0v) is 8.03. The van der Waals surface area contributed by atoms with Crippen molar-refractivity contribution in [1.29, 1.82) is 5.26 Å². The number of hydrogen-bond donors (Lipinski definition) is 1. The van der Waals surface area contributed by atoms with Crippen molar-refractivity contribution in [2.75, 3.05) is 6.61 Å². The maximum atomic E-state index is 8.43. The van der Waals surface area contributed by atoms with Gasteiger partial charge < -0.3 is 10.5 Å². The number of hydrogen-bond acceptors (Lipinski definition) is 3. The van der Waals surface area contributed by atoms with Gasteiger partial charge in [-0.25, -0.2) is 0 Å². The lowest BCUT2D eigenvalue weighted by molar-refractivity contribution is 0.340. The van der Waals surface area contributed by atoms with E-state index in [9.17, 15) is 0 Å². The number of rotatable bonds is 3. The van der Waals surface area contributed by atoms with Gasteiger partial charge in [0.15, 0.2) is 0 Å². The Balaban J connectivity index is 2.95. The maximum absolute atomic E-state index is 8.43. The number of allylic oxidation sites excluding steroid dienone is 1. The Kier molecular flexibility index (Phi) is 3.57. The zero-order valence-electron chi connectivity index (χ0n) is 8.03. The number of nitrogens with two attached hydrogens (primary N) is 1. The van der Waals surface area contributed by atoms with Crippen LogP contribution >= 0.6 is 0 Å². The van der Waals surface area contributed by atoms with Crippen LogP contribution < -0.4 is 10.5 Å². The lowest BCUT2D eigenvalue weighted by Gasteiger charge is -2.05. The van der Waals surface area contributed by atoms with Crippen LogP contribution in [0.15, 0.2) is 30.3 Å². The first kappa shape index (κ1) is 10.1. The molecule has 0 aliphatic rings. The van der Waals surface area contributed by atoms with Crippen molar-refractivity contribution in [2.45, 2.75) is 6.92 Å². The van der Waals surface area contributed by atoms with Crippen LogP contribution in [0, 0.1) is 11.3 Å². The Bertz CT molecular complexity index is 377. The summed E-state index contributed by atoms with van der Waals surface area (Å²) >= 11 is 0. The highest BCUT2D eigenvalue weighted by atomic mass is 16.5. The van der Waals surface area contributed by atoms with E-state index in [-0.39, 0.29) is 0 Å². The Morgan fingerprint density at radius 3 is 3.07 bits per heavy atom. The first-order chi connectivity index (χ1) is 6.77. The predicted molar refractivity (Wildman–Crippen MR) is 55.4 cm³/mol. The van der Waals surface area contributed by atoms with Crippen LogP contribution in [-0.2, 0) is 0 Å². The molecule has 2 N–H and O–H groups in total. The van der Waals surface area contributed by atoms with E-state index in [1.807, 2.05) is 37.3 Å². The Hall–Kier alpha value is -1.95. The fourth-order valence-electron chi connectivity index (χ4n) is 1.08. The molecule has 0 radical (unpaired) electrons. The third kappa shape index (κ3) is 2.53. The SMILES string of the molecule is CCOc1cccc(/C(N)=C/C#N)c1. The summed E-state index contributed by atoms with van der Waals surface area (Å²) in [6, 6.07) is 9.24. The summed E-state index contributed by atoms with van der Waals surface area (Å²) in [7, 11) is 0. The minimum atomic E-state index is 0.453. The van der Waals surface area contributed by atoms with Crippen molar-refractivity contribution in [3.05, 3.63) is 35.9 Å². The van der Waals surface area contributed by atoms with E-state index in [4.69, 9.17) is 15.7 Å². The predicted octanol–water partition coefficient (Wildman–Crippen LogP) is 1.91. The number of nitriles is 1. The largest absolute Gasteiger partial charge is 0.494 e. The van der Waals surface area contributed by atoms with E-state index < -0.39 is 0 Å².